The summed E-state index contributed by atoms with van der Waals surface area (Å²) in [5, 5.41) is 13.9. The number of halogens is 3. The molecule has 0 saturated carbocycles. The molecule has 0 spiro atoms. The minimum Gasteiger partial charge on any atom is -0.506 e. The number of hydrogen-bond donors (Lipinski definition) is 2. The summed E-state index contributed by atoms with van der Waals surface area (Å²) in [7, 11) is 0. The molecule has 1 aliphatic carbocycles. The minimum atomic E-state index is -4.40. The number of nitrogens with zero attached hydrogens (tertiary/aromatic N) is 1. The smallest absolute Gasteiger partial charge is 0.416 e. The van der Waals surface area contributed by atoms with Gasteiger partial charge in [0.2, 0.25) is 0 Å². The number of hydrogen-bond acceptors (Lipinski definition) is 4. The number of ketones is 1. The number of carbonyl (C=O) groups is 1. The molecule has 3 rings (SSSR count). The fourth-order valence-corrected chi connectivity index (χ4v) is 2.31. The highest BCUT2D eigenvalue weighted by atomic mass is 19.4. The molecular formula is C17H11F3N2O2. The van der Waals surface area contributed by atoms with Crippen LogP contribution in [0.3, 0.4) is 0 Å². The van der Waals surface area contributed by atoms with Crippen molar-refractivity contribution < 1.29 is 23.1 Å². The SMILES string of the molecule is O=C1C(/C=N/Nc2ccc(C(F)(F)F)cc2)=C(O)c2ccccc21. The Hall–Kier alpha value is -3.09. The van der Waals surface area contributed by atoms with Crippen molar-refractivity contribution in [3.63, 3.8) is 0 Å². The van der Waals surface area contributed by atoms with Gasteiger partial charge in [0, 0.05) is 11.1 Å². The Bertz CT molecular complexity index is 853. The molecule has 2 N–H and O–H groups in total. The molecule has 7 heteroatoms. The maximum Gasteiger partial charge on any atom is 0.416 e. The number of allylic oxidation sites excluding steroid dienone is 1. The second kappa shape index (κ2) is 5.84. The third kappa shape index (κ3) is 2.88. The zero-order chi connectivity index (χ0) is 17.3. The highest BCUT2D eigenvalue weighted by Crippen LogP contribution is 2.31. The van der Waals surface area contributed by atoms with E-state index in [0.717, 1.165) is 18.3 Å². The number of benzene rings is 2. The molecule has 0 heterocycles. The van der Waals surface area contributed by atoms with E-state index in [0.29, 0.717) is 16.8 Å². The standard InChI is InChI=1S/C17H11F3N2O2/c18-17(19,20)10-5-7-11(8-6-10)22-21-9-14-15(23)12-3-1-2-4-13(12)16(14)24/h1-9,22-23H/b21-9+. The molecule has 0 bridgehead atoms. The summed E-state index contributed by atoms with van der Waals surface area (Å²) >= 11 is 0. The third-order valence-electron chi connectivity index (χ3n) is 3.53. The molecule has 2 aromatic carbocycles. The van der Waals surface area contributed by atoms with E-state index >= 15 is 0 Å². The van der Waals surface area contributed by atoms with Crippen molar-refractivity contribution in [3.8, 4) is 0 Å². The Morgan fingerprint density at radius 1 is 1.00 bits per heavy atom. The predicted molar refractivity (Wildman–Crippen MR) is 83.9 cm³/mol. The highest BCUT2D eigenvalue weighted by molar-refractivity contribution is 6.30. The zero-order valence-electron chi connectivity index (χ0n) is 12.1. The molecule has 0 aliphatic heterocycles. The lowest BCUT2D eigenvalue weighted by atomic mass is 10.1. The van der Waals surface area contributed by atoms with Crippen LogP contribution in [0.25, 0.3) is 5.76 Å². The van der Waals surface area contributed by atoms with E-state index in [-0.39, 0.29) is 17.1 Å². The van der Waals surface area contributed by atoms with Gasteiger partial charge in [0.25, 0.3) is 0 Å². The van der Waals surface area contributed by atoms with E-state index in [9.17, 15) is 23.1 Å². The van der Waals surface area contributed by atoms with Gasteiger partial charge in [-0.05, 0) is 24.3 Å². The van der Waals surface area contributed by atoms with Crippen LogP contribution in [0.5, 0.6) is 0 Å². The van der Waals surface area contributed by atoms with E-state index < -0.39 is 11.7 Å². The molecule has 0 amide bonds. The van der Waals surface area contributed by atoms with Gasteiger partial charge in [-0.15, -0.1) is 0 Å². The maximum absolute atomic E-state index is 12.5. The van der Waals surface area contributed by atoms with Crippen LogP contribution in [-0.4, -0.2) is 17.1 Å². The molecule has 0 unspecified atom stereocenters. The number of alkyl halides is 3. The van der Waals surface area contributed by atoms with Crippen molar-refractivity contribution in [1.29, 1.82) is 0 Å². The van der Waals surface area contributed by atoms with E-state index in [4.69, 9.17) is 0 Å². The van der Waals surface area contributed by atoms with Gasteiger partial charge in [0.15, 0.2) is 5.78 Å². The first-order valence-corrected chi connectivity index (χ1v) is 6.91. The lowest BCUT2D eigenvalue weighted by molar-refractivity contribution is -0.137. The van der Waals surface area contributed by atoms with Gasteiger partial charge in [-0.3, -0.25) is 10.2 Å². The summed E-state index contributed by atoms with van der Waals surface area (Å²) in [6, 6.07) is 10.9. The summed E-state index contributed by atoms with van der Waals surface area (Å²) < 4.78 is 37.4. The van der Waals surface area contributed by atoms with E-state index in [1.807, 2.05) is 0 Å². The summed E-state index contributed by atoms with van der Waals surface area (Å²) in [5.41, 5.74) is 2.91. The topological polar surface area (TPSA) is 61.7 Å². The monoisotopic (exact) mass is 332 g/mol. The quantitative estimate of drug-likeness (QED) is 0.652. The maximum atomic E-state index is 12.5. The van der Waals surface area contributed by atoms with Gasteiger partial charge in [-0.25, -0.2) is 0 Å². The van der Waals surface area contributed by atoms with E-state index in [1.54, 1.807) is 24.3 Å². The molecule has 2 aromatic rings. The van der Waals surface area contributed by atoms with Gasteiger partial charge in [0.05, 0.1) is 23.0 Å². The number of hydrazone groups is 1. The number of aliphatic hydroxyl groups is 1. The number of nitrogens with one attached hydrogen (secondary N) is 1. The van der Waals surface area contributed by atoms with Crippen molar-refractivity contribution in [2.45, 2.75) is 6.18 Å². The van der Waals surface area contributed by atoms with Crippen molar-refractivity contribution in [3.05, 3.63) is 70.8 Å². The molecule has 0 atom stereocenters. The lowest BCUT2D eigenvalue weighted by Crippen LogP contribution is -2.04. The second-order valence-corrected chi connectivity index (χ2v) is 5.08. The summed E-state index contributed by atoms with van der Waals surface area (Å²) in [6.45, 7) is 0. The Morgan fingerprint density at radius 2 is 1.62 bits per heavy atom. The van der Waals surface area contributed by atoms with E-state index in [2.05, 4.69) is 10.5 Å². The van der Waals surface area contributed by atoms with Crippen molar-refractivity contribution in [2.75, 3.05) is 5.43 Å². The van der Waals surface area contributed by atoms with Crippen molar-refractivity contribution in [1.82, 2.24) is 0 Å². The minimum absolute atomic E-state index is 0.0237. The number of carbonyl (C=O) groups excluding carboxylic acids is 1. The molecule has 0 aromatic heterocycles. The van der Waals surface area contributed by atoms with Crippen LogP contribution < -0.4 is 5.43 Å². The second-order valence-electron chi connectivity index (χ2n) is 5.08. The first kappa shape index (κ1) is 15.8. The molecule has 1 aliphatic rings. The number of rotatable bonds is 3. The molecule has 122 valence electrons. The number of fused-ring (bicyclic) bond motifs is 1. The van der Waals surface area contributed by atoms with E-state index in [1.165, 1.54) is 12.1 Å². The van der Waals surface area contributed by atoms with Gasteiger partial charge in [0.1, 0.15) is 5.76 Å². The van der Waals surface area contributed by atoms with Gasteiger partial charge in [-0.2, -0.15) is 18.3 Å². The molecular weight excluding hydrogens is 321 g/mol. The number of Topliss-reactive ketones (excluding diaryl/α,β-unsaturated/α-hetero) is 1. The van der Waals surface area contributed by atoms with Crippen LogP contribution in [0.4, 0.5) is 18.9 Å². The average molecular weight is 332 g/mol. The normalized spacial score (nSPS) is 14.4. The van der Waals surface area contributed by atoms with Gasteiger partial charge in [-0.1, -0.05) is 24.3 Å². The first-order chi connectivity index (χ1) is 11.4. The van der Waals surface area contributed by atoms with Gasteiger partial charge >= 0.3 is 6.18 Å². The number of aliphatic hydroxyl groups excluding tert-OH is 1. The Kier molecular flexibility index (Phi) is 3.84. The van der Waals surface area contributed by atoms with Crippen LogP contribution in [0, 0.1) is 0 Å². The van der Waals surface area contributed by atoms with Crippen LogP contribution in [0.15, 0.2) is 59.2 Å². The Balaban J connectivity index is 1.74. The van der Waals surface area contributed by atoms with Crippen LogP contribution in [0.2, 0.25) is 0 Å². The molecule has 24 heavy (non-hydrogen) atoms. The third-order valence-corrected chi connectivity index (χ3v) is 3.53. The van der Waals surface area contributed by atoms with Crippen LogP contribution in [-0.2, 0) is 6.18 Å². The summed E-state index contributed by atoms with van der Waals surface area (Å²) in [5.74, 6) is -0.533. The fraction of sp³-hybridized carbons (Fsp3) is 0.0588. The predicted octanol–water partition coefficient (Wildman–Crippen LogP) is 4.27. The van der Waals surface area contributed by atoms with Crippen LogP contribution >= 0.6 is 0 Å². The summed E-state index contributed by atoms with van der Waals surface area (Å²) in [6.07, 6.45) is -3.25. The highest BCUT2D eigenvalue weighted by Gasteiger charge is 2.30. The Morgan fingerprint density at radius 3 is 2.21 bits per heavy atom. The zero-order valence-corrected chi connectivity index (χ0v) is 12.1. The molecule has 0 fully saturated rings. The largest absolute Gasteiger partial charge is 0.506 e. The van der Waals surface area contributed by atoms with Crippen molar-refractivity contribution >= 4 is 23.4 Å². The lowest BCUT2D eigenvalue weighted by Gasteiger charge is -2.07. The van der Waals surface area contributed by atoms with Gasteiger partial charge < -0.3 is 5.11 Å². The summed E-state index contributed by atoms with van der Waals surface area (Å²) in [4.78, 5) is 12.1. The molecule has 4 nitrogen and oxygen atoms in total. The molecule has 0 saturated heterocycles. The fourth-order valence-electron chi connectivity index (χ4n) is 2.31. The first-order valence-electron chi connectivity index (χ1n) is 6.91. The van der Waals surface area contributed by atoms with Crippen molar-refractivity contribution in [2.24, 2.45) is 5.10 Å². The molecule has 0 radical (unpaired) electrons. The number of anilines is 1. The average Bonchev–Trinajstić information content (AvgIpc) is 2.80. The van der Waals surface area contributed by atoms with Crippen LogP contribution in [0.1, 0.15) is 21.5 Å². The Labute approximate surface area is 134 Å².